The van der Waals surface area contributed by atoms with Gasteiger partial charge in [-0.25, -0.2) is 4.79 Å². The van der Waals surface area contributed by atoms with Crippen molar-refractivity contribution in [3.05, 3.63) is 28.8 Å². The van der Waals surface area contributed by atoms with E-state index in [2.05, 4.69) is 0 Å². The van der Waals surface area contributed by atoms with Gasteiger partial charge in [0, 0.05) is 17.7 Å². The van der Waals surface area contributed by atoms with Crippen LogP contribution in [0, 0.1) is 6.92 Å². The smallest absolute Gasteiger partial charge is 0.336 e. The summed E-state index contributed by atoms with van der Waals surface area (Å²) >= 11 is 0. The maximum absolute atomic E-state index is 11.8. The van der Waals surface area contributed by atoms with Crippen molar-refractivity contribution in [2.24, 2.45) is 0 Å². The first-order valence-corrected chi connectivity index (χ1v) is 5.14. The standard InChI is InChI=1S/C12H15NO3/c1-3-4-10(14)11-7(2)9(13)6-5-8(11)12(15)16/h5-6H,3-4,13H2,1-2H3,(H,15,16). The van der Waals surface area contributed by atoms with Crippen molar-refractivity contribution in [2.45, 2.75) is 26.7 Å². The average Bonchev–Trinajstić information content (AvgIpc) is 2.21. The van der Waals surface area contributed by atoms with E-state index in [1.165, 1.54) is 12.1 Å². The van der Waals surface area contributed by atoms with Crippen molar-refractivity contribution in [1.82, 2.24) is 0 Å². The topological polar surface area (TPSA) is 80.4 Å². The molecule has 0 saturated carbocycles. The van der Waals surface area contributed by atoms with Crippen molar-refractivity contribution in [3.8, 4) is 0 Å². The molecule has 4 nitrogen and oxygen atoms in total. The van der Waals surface area contributed by atoms with Gasteiger partial charge in [0.1, 0.15) is 0 Å². The largest absolute Gasteiger partial charge is 0.478 e. The molecule has 0 spiro atoms. The number of carbonyl (C=O) groups excluding carboxylic acids is 1. The molecule has 0 fully saturated rings. The summed E-state index contributed by atoms with van der Waals surface area (Å²) in [6, 6.07) is 2.90. The van der Waals surface area contributed by atoms with Gasteiger partial charge in [-0.1, -0.05) is 6.92 Å². The Morgan fingerprint density at radius 3 is 2.50 bits per heavy atom. The van der Waals surface area contributed by atoms with Crippen LogP contribution in [0.2, 0.25) is 0 Å². The fourth-order valence-corrected chi connectivity index (χ4v) is 1.62. The lowest BCUT2D eigenvalue weighted by Gasteiger charge is -2.10. The Kier molecular flexibility index (Phi) is 3.66. The third-order valence-corrected chi connectivity index (χ3v) is 2.49. The molecule has 1 aromatic rings. The van der Waals surface area contributed by atoms with Gasteiger partial charge in [0.15, 0.2) is 5.78 Å². The van der Waals surface area contributed by atoms with Crippen molar-refractivity contribution >= 4 is 17.4 Å². The molecular formula is C12H15NO3. The first-order valence-electron chi connectivity index (χ1n) is 5.14. The van der Waals surface area contributed by atoms with E-state index in [1.54, 1.807) is 6.92 Å². The summed E-state index contributed by atoms with van der Waals surface area (Å²) in [5.74, 6) is -1.26. The fraction of sp³-hybridized carbons (Fsp3) is 0.333. The number of nitrogens with two attached hydrogens (primary N) is 1. The van der Waals surface area contributed by atoms with Gasteiger partial charge in [-0.05, 0) is 31.0 Å². The van der Waals surface area contributed by atoms with Crippen LogP contribution in [0.5, 0.6) is 0 Å². The molecule has 1 aromatic carbocycles. The molecule has 4 heteroatoms. The maximum Gasteiger partial charge on any atom is 0.336 e. The van der Waals surface area contributed by atoms with E-state index in [0.29, 0.717) is 24.1 Å². The van der Waals surface area contributed by atoms with E-state index < -0.39 is 5.97 Å². The molecule has 86 valence electrons. The zero-order valence-corrected chi connectivity index (χ0v) is 9.41. The highest BCUT2D eigenvalue weighted by molar-refractivity contribution is 6.07. The van der Waals surface area contributed by atoms with E-state index >= 15 is 0 Å². The first kappa shape index (κ1) is 12.2. The summed E-state index contributed by atoms with van der Waals surface area (Å²) < 4.78 is 0. The Morgan fingerprint density at radius 1 is 1.38 bits per heavy atom. The van der Waals surface area contributed by atoms with Gasteiger partial charge in [0.25, 0.3) is 0 Å². The fourth-order valence-electron chi connectivity index (χ4n) is 1.62. The third-order valence-electron chi connectivity index (χ3n) is 2.49. The number of hydrogen-bond donors (Lipinski definition) is 2. The van der Waals surface area contributed by atoms with Gasteiger partial charge in [0.05, 0.1) is 5.56 Å². The van der Waals surface area contributed by atoms with Crippen LogP contribution >= 0.6 is 0 Å². The van der Waals surface area contributed by atoms with Crippen LogP contribution in [0.1, 0.15) is 46.0 Å². The highest BCUT2D eigenvalue weighted by Gasteiger charge is 2.19. The number of carboxylic acids is 1. The molecule has 3 N–H and O–H groups in total. The van der Waals surface area contributed by atoms with E-state index in [4.69, 9.17) is 10.8 Å². The minimum absolute atomic E-state index is 0.0325. The summed E-state index contributed by atoms with van der Waals surface area (Å²) in [6.45, 7) is 3.55. The van der Waals surface area contributed by atoms with Crippen LogP contribution in [0.15, 0.2) is 12.1 Å². The Morgan fingerprint density at radius 2 is 2.00 bits per heavy atom. The van der Waals surface area contributed by atoms with Gasteiger partial charge in [-0.15, -0.1) is 0 Å². The molecule has 16 heavy (non-hydrogen) atoms. The number of aromatic carboxylic acids is 1. The van der Waals surface area contributed by atoms with Gasteiger partial charge in [0.2, 0.25) is 0 Å². The Labute approximate surface area is 94.1 Å². The van der Waals surface area contributed by atoms with Crippen molar-refractivity contribution in [2.75, 3.05) is 5.73 Å². The molecule has 0 aliphatic rings. The van der Waals surface area contributed by atoms with E-state index in [1.807, 2.05) is 6.92 Å². The first-order chi connectivity index (χ1) is 7.49. The summed E-state index contributed by atoms with van der Waals surface area (Å²) in [5.41, 5.74) is 6.96. The number of carbonyl (C=O) groups is 2. The van der Waals surface area contributed by atoms with Crippen LogP contribution in [0.3, 0.4) is 0 Å². The Hall–Kier alpha value is -1.84. The molecular weight excluding hydrogens is 206 g/mol. The van der Waals surface area contributed by atoms with Gasteiger partial charge in [-0.3, -0.25) is 4.79 Å². The summed E-state index contributed by atoms with van der Waals surface area (Å²) in [7, 11) is 0. The summed E-state index contributed by atoms with van der Waals surface area (Å²) in [6.07, 6.45) is 1.02. The van der Waals surface area contributed by atoms with E-state index in [-0.39, 0.29) is 16.9 Å². The lowest BCUT2D eigenvalue weighted by Crippen LogP contribution is -2.12. The monoisotopic (exact) mass is 221 g/mol. The summed E-state index contributed by atoms with van der Waals surface area (Å²) in [4.78, 5) is 22.8. The highest BCUT2D eigenvalue weighted by Crippen LogP contribution is 2.22. The minimum atomic E-state index is -1.09. The number of anilines is 1. The number of benzene rings is 1. The van der Waals surface area contributed by atoms with Crippen molar-refractivity contribution in [1.29, 1.82) is 0 Å². The van der Waals surface area contributed by atoms with Crippen LogP contribution in [0.4, 0.5) is 5.69 Å². The second kappa shape index (κ2) is 4.79. The molecule has 0 aliphatic heterocycles. The van der Waals surface area contributed by atoms with Gasteiger partial charge >= 0.3 is 5.97 Å². The molecule has 1 rings (SSSR count). The number of hydrogen-bond acceptors (Lipinski definition) is 3. The zero-order chi connectivity index (χ0) is 12.3. The SMILES string of the molecule is CCCC(=O)c1c(C(=O)O)ccc(N)c1C. The van der Waals surface area contributed by atoms with Gasteiger partial charge < -0.3 is 10.8 Å². The van der Waals surface area contributed by atoms with Crippen LogP contribution in [-0.2, 0) is 0 Å². The minimum Gasteiger partial charge on any atom is -0.478 e. The third kappa shape index (κ3) is 2.21. The second-order valence-electron chi connectivity index (χ2n) is 3.68. The molecule has 0 bridgehead atoms. The van der Waals surface area contributed by atoms with Crippen molar-refractivity contribution < 1.29 is 14.7 Å². The Bertz CT molecular complexity index is 438. The number of nitrogen functional groups attached to an aromatic ring is 1. The number of ketones is 1. The molecule has 0 aromatic heterocycles. The zero-order valence-electron chi connectivity index (χ0n) is 9.41. The lowest BCUT2D eigenvalue weighted by atomic mass is 9.95. The lowest BCUT2D eigenvalue weighted by molar-refractivity contribution is 0.0691. The van der Waals surface area contributed by atoms with Crippen LogP contribution in [-0.4, -0.2) is 16.9 Å². The maximum atomic E-state index is 11.8. The molecule has 0 heterocycles. The van der Waals surface area contributed by atoms with Crippen LogP contribution in [0.25, 0.3) is 0 Å². The average molecular weight is 221 g/mol. The molecule has 0 saturated heterocycles. The van der Waals surface area contributed by atoms with Gasteiger partial charge in [-0.2, -0.15) is 0 Å². The quantitative estimate of drug-likeness (QED) is 0.603. The predicted octanol–water partition coefficient (Wildman–Crippen LogP) is 2.26. The molecule has 0 atom stereocenters. The predicted molar refractivity (Wildman–Crippen MR) is 61.8 cm³/mol. The number of Topliss-reactive ketones (excluding diaryl/α,β-unsaturated/α-hetero) is 1. The number of carboxylic acid groups (broad SMARTS) is 1. The molecule has 0 aliphatic carbocycles. The summed E-state index contributed by atoms with van der Waals surface area (Å²) in [5, 5.41) is 9.01. The second-order valence-corrected chi connectivity index (χ2v) is 3.68. The number of rotatable bonds is 4. The molecule has 0 unspecified atom stereocenters. The van der Waals surface area contributed by atoms with Crippen molar-refractivity contribution in [3.63, 3.8) is 0 Å². The normalized spacial score (nSPS) is 10.1. The molecule has 0 amide bonds. The molecule has 0 radical (unpaired) electrons. The van der Waals surface area contributed by atoms with Crippen LogP contribution < -0.4 is 5.73 Å². The Balaban J connectivity index is 3.37. The highest BCUT2D eigenvalue weighted by atomic mass is 16.4. The van der Waals surface area contributed by atoms with E-state index in [9.17, 15) is 9.59 Å². The van der Waals surface area contributed by atoms with E-state index in [0.717, 1.165) is 0 Å².